The van der Waals surface area contributed by atoms with Gasteiger partial charge in [0.1, 0.15) is 5.78 Å². The molecule has 1 heterocycles. The van der Waals surface area contributed by atoms with Crippen molar-refractivity contribution in [3.63, 3.8) is 0 Å². The van der Waals surface area contributed by atoms with Crippen molar-refractivity contribution in [3.8, 4) is 0 Å². The summed E-state index contributed by atoms with van der Waals surface area (Å²) in [5.41, 5.74) is 4.77. The first-order chi connectivity index (χ1) is 8.88. The zero-order valence-electron chi connectivity index (χ0n) is 11.9. The lowest BCUT2D eigenvalue weighted by Gasteiger charge is -2.17. The summed E-state index contributed by atoms with van der Waals surface area (Å²) in [6.45, 7) is 8.45. The Morgan fingerprint density at radius 1 is 1.32 bits per heavy atom. The number of aryl methyl sites for hydroxylation is 3. The number of nitrogens with zero attached hydrogens (tertiary/aromatic N) is 1. The van der Waals surface area contributed by atoms with E-state index in [0.29, 0.717) is 6.54 Å². The molecule has 1 atom stereocenters. The standard InChI is InChI=1S/C15H20N2O2/c1-9-5-10(2)14(11(3)6-9)13-8-17(7-12(4)18)15(19)16-13/h5-6,13H,7-8H2,1-4H3,(H,16,19). The molecule has 4 heteroatoms. The van der Waals surface area contributed by atoms with E-state index in [-0.39, 0.29) is 24.4 Å². The van der Waals surface area contributed by atoms with Gasteiger partial charge in [-0.3, -0.25) is 4.79 Å². The van der Waals surface area contributed by atoms with E-state index in [1.54, 1.807) is 4.90 Å². The zero-order chi connectivity index (χ0) is 14.2. The summed E-state index contributed by atoms with van der Waals surface area (Å²) >= 11 is 0. The van der Waals surface area contributed by atoms with Crippen LogP contribution in [-0.4, -0.2) is 29.8 Å². The molecule has 0 saturated carbocycles. The second-order valence-corrected chi connectivity index (χ2v) is 5.40. The summed E-state index contributed by atoms with van der Waals surface area (Å²) in [6, 6.07) is 4.08. The van der Waals surface area contributed by atoms with Gasteiger partial charge in [0.05, 0.1) is 12.6 Å². The molecule has 0 radical (unpaired) electrons. The van der Waals surface area contributed by atoms with Crippen LogP contribution in [0.3, 0.4) is 0 Å². The number of hydrogen-bond donors (Lipinski definition) is 1. The molecule has 0 aromatic heterocycles. The average molecular weight is 260 g/mol. The van der Waals surface area contributed by atoms with E-state index in [1.165, 1.54) is 29.2 Å². The molecule has 1 aromatic rings. The van der Waals surface area contributed by atoms with Gasteiger partial charge in [-0.2, -0.15) is 0 Å². The highest BCUT2D eigenvalue weighted by Crippen LogP contribution is 2.27. The van der Waals surface area contributed by atoms with Crippen molar-refractivity contribution in [2.75, 3.05) is 13.1 Å². The Kier molecular flexibility index (Phi) is 3.60. The van der Waals surface area contributed by atoms with Crippen LogP contribution in [0.25, 0.3) is 0 Å². The van der Waals surface area contributed by atoms with Crippen LogP contribution in [0.2, 0.25) is 0 Å². The molecule has 2 amide bonds. The van der Waals surface area contributed by atoms with Gasteiger partial charge >= 0.3 is 6.03 Å². The number of benzene rings is 1. The molecule has 2 rings (SSSR count). The van der Waals surface area contributed by atoms with Gasteiger partial charge in [0, 0.05) is 6.54 Å². The highest BCUT2D eigenvalue weighted by Gasteiger charge is 2.31. The molecule has 1 aliphatic heterocycles. The summed E-state index contributed by atoms with van der Waals surface area (Å²) in [5, 5.41) is 2.96. The number of nitrogens with one attached hydrogen (secondary N) is 1. The topological polar surface area (TPSA) is 49.4 Å². The van der Waals surface area contributed by atoms with Crippen molar-refractivity contribution >= 4 is 11.8 Å². The van der Waals surface area contributed by atoms with Crippen LogP contribution in [-0.2, 0) is 4.79 Å². The van der Waals surface area contributed by atoms with Crippen molar-refractivity contribution in [2.45, 2.75) is 33.7 Å². The fourth-order valence-corrected chi connectivity index (χ4v) is 2.90. The van der Waals surface area contributed by atoms with Gasteiger partial charge in [0.2, 0.25) is 0 Å². The van der Waals surface area contributed by atoms with Crippen LogP contribution < -0.4 is 5.32 Å². The van der Waals surface area contributed by atoms with Crippen LogP contribution in [0.15, 0.2) is 12.1 Å². The fourth-order valence-electron chi connectivity index (χ4n) is 2.90. The summed E-state index contributed by atoms with van der Waals surface area (Å²) in [4.78, 5) is 24.6. The first kappa shape index (κ1) is 13.6. The normalized spacial score (nSPS) is 18.6. The Balaban J connectivity index is 2.25. The molecule has 0 bridgehead atoms. The predicted octanol–water partition coefficient (Wildman–Crippen LogP) is 2.27. The molecule has 1 N–H and O–H groups in total. The second-order valence-electron chi connectivity index (χ2n) is 5.40. The number of amides is 2. The maximum absolute atomic E-state index is 11.8. The van der Waals surface area contributed by atoms with Crippen LogP contribution in [0.1, 0.15) is 35.2 Å². The SMILES string of the molecule is CC(=O)CN1CC(c2c(C)cc(C)cc2C)NC1=O. The van der Waals surface area contributed by atoms with Crippen LogP contribution in [0, 0.1) is 20.8 Å². The van der Waals surface area contributed by atoms with Gasteiger partial charge in [-0.25, -0.2) is 4.79 Å². The maximum Gasteiger partial charge on any atom is 0.318 e. The van der Waals surface area contributed by atoms with Gasteiger partial charge < -0.3 is 10.2 Å². The molecule has 4 nitrogen and oxygen atoms in total. The molecular formula is C15H20N2O2. The summed E-state index contributed by atoms with van der Waals surface area (Å²) < 4.78 is 0. The monoisotopic (exact) mass is 260 g/mol. The Bertz CT molecular complexity index is 514. The molecule has 0 aliphatic carbocycles. The smallest absolute Gasteiger partial charge is 0.318 e. The minimum Gasteiger partial charge on any atom is -0.329 e. The lowest BCUT2D eigenvalue weighted by atomic mass is 9.94. The van der Waals surface area contributed by atoms with Crippen LogP contribution in [0.5, 0.6) is 0 Å². The zero-order valence-corrected chi connectivity index (χ0v) is 11.9. The third kappa shape index (κ3) is 2.78. The molecule has 1 saturated heterocycles. The van der Waals surface area contributed by atoms with Crippen LogP contribution in [0.4, 0.5) is 4.79 Å². The Morgan fingerprint density at radius 3 is 2.42 bits per heavy atom. The summed E-state index contributed by atoms with van der Waals surface area (Å²) in [5.74, 6) is 0.00755. The van der Waals surface area contributed by atoms with Crippen LogP contribution >= 0.6 is 0 Å². The molecule has 1 aromatic carbocycles. The summed E-state index contributed by atoms with van der Waals surface area (Å²) in [7, 11) is 0. The predicted molar refractivity (Wildman–Crippen MR) is 74.2 cm³/mol. The molecule has 0 spiro atoms. The van der Waals surface area contributed by atoms with Gasteiger partial charge in [0.15, 0.2) is 0 Å². The minimum atomic E-state index is -0.153. The fraction of sp³-hybridized carbons (Fsp3) is 0.467. The third-order valence-electron chi connectivity index (χ3n) is 3.49. The molecule has 1 fully saturated rings. The van der Waals surface area contributed by atoms with Gasteiger partial charge in [0.25, 0.3) is 0 Å². The van der Waals surface area contributed by atoms with Crippen molar-refractivity contribution in [3.05, 3.63) is 34.4 Å². The third-order valence-corrected chi connectivity index (χ3v) is 3.49. The Labute approximate surface area is 113 Å². The van der Waals surface area contributed by atoms with E-state index >= 15 is 0 Å². The lowest BCUT2D eigenvalue weighted by Crippen LogP contribution is -2.32. The molecule has 19 heavy (non-hydrogen) atoms. The van der Waals surface area contributed by atoms with Crippen molar-refractivity contribution in [1.82, 2.24) is 10.2 Å². The largest absolute Gasteiger partial charge is 0.329 e. The van der Waals surface area contributed by atoms with E-state index in [4.69, 9.17) is 0 Å². The summed E-state index contributed by atoms with van der Waals surface area (Å²) in [6.07, 6.45) is 0. The van der Waals surface area contributed by atoms with E-state index < -0.39 is 0 Å². The minimum absolute atomic E-state index is 0.00755. The molecular weight excluding hydrogens is 240 g/mol. The van der Waals surface area contributed by atoms with E-state index in [2.05, 4.69) is 38.2 Å². The number of rotatable bonds is 3. The van der Waals surface area contributed by atoms with E-state index in [0.717, 1.165) is 0 Å². The lowest BCUT2D eigenvalue weighted by molar-refractivity contribution is -0.117. The Morgan fingerprint density at radius 2 is 1.89 bits per heavy atom. The number of carbonyl (C=O) groups is 2. The quantitative estimate of drug-likeness (QED) is 0.906. The first-order valence-corrected chi connectivity index (χ1v) is 6.51. The highest BCUT2D eigenvalue weighted by atomic mass is 16.2. The molecule has 102 valence electrons. The van der Waals surface area contributed by atoms with Gasteiger partial charge in [-0.1, -0.05) is 17.7 Å². The number of urea groups is 1. The first-order valence-electron chi connectivity index (χ1n) is 6.51. The number of Topliss-reactive ketones (excluding diaryl/α,β-unsaturated/α-hetero) is 1. The Hall–Kier alpha value is -1.84. The van der Waals surface area contributed by atoms with Gasteiger partial charge in [-0.05, 0) is 44.4 Å². The van der Waals surface area contributed by atoms with E-state index in [9.17, 15) is 9.59 Å². The number of ketones is 1. The van der Waals surface area contributed by atoms with Crippen molar-refractivity contribution in [2.24, 2.45) is 0 Å². The average Bonchev–Trinajstić information content (AvgIpc) is 2.57. The highest BCUT2D eigenvalue weighted by molar-refractivity contribution is 5.85. The van der Waals surface area contributed by atoms with E-state index in [1.807, 2.05) is 0 Å². The van der Waals surface area contributed by atoms with Crippen molar-refractivity contribution in [1.29, 1.82) is 0 Å². The van der Waals surface area contributed by atoms with Gasteiger partial charge in [-0.15, -0.1) is 0 Å². The molecule has 1 unspecified atom stereocenters. The second kappa shape index (κ2) is 5.03. The molecule has 1 aliphatic rings. The maximum atomic E-state index is 11.8. The number of hydrogen-bond acceptors (Lipinski definition) is 2. The van der Waals surface area contributed by atoms with Crippen molar-refractivity contribution < 1.29 is 9.59 Å². The number of carbonyl (C=O) groups excluding carboxylic acids is 2.